The molecule has 0 radical (unpaired) electrons. The quantitative estimate of drug-likeness (QED) is 0.110. The minimum atomic E-state index is -0.794. The smallest absolute Gasteiger partial charge is 0.193 e. The molecular weight excluding hydrogens is 1230 g/mol. The highest BCUT2D eigenvalue weighted by atomic mass is 14.9. The van der Waals surface area contributed by atoms with E-state index < -0.39 is 10.8 Å². The van der Waals surface area contributed by atoms with Gasteiger partial charge < -0.3 is 8.80 Å². The second-order valence-corrected chi connectivity index (χ2v) is 28.8. The first kappa shape index (κ1) is 55.8. The number of nitriles is 1. The number of nitrogens with zero attached hydrogens (tertiary/aromatic N) is 4. The van der Waals surface area contributed by atoms with Gasteiger partial charge in [-0.2, -0.15) is 5.26 Å². The molecule has 0 unspecified atom stereocenters. The molecule has 4 aromatic heterocycles. The fourth-order valence-corrected chi connectivity index (χ4v) is 21.0. The lowest BCUT2D eigenvalue weighted by molar-refractivity contribution is 0.747. The van der Waals surface area contributed by atoms with Crippen LogP contribution in [0.4, 0.5) is 5.69 Å². The lowest BCUT2D eigenvalue weighted by Crippen LogP contribution is -2.31. The lowest BCUT2D eigenvalue weighted by atomic mass is 9.59. The van der Waals surface area contributed by atoms with E-state index in [0.717, 1.165) is 76.9 Å². The maximum atomic E-state index is 11.9. The molecule has 6 aliphatic rings. The molecule has 0 atom stereocenters. The van der Waals surface area contributed by atoms with E-state index in [0.29, 0.717) is 11.3 Å². The second-order valence-electron chi connectivity index (χ2n) is 28.8. The number of benzene rings is 15. The lowest BCUT2D eigenvalue weighted by Gasteiger charge is -2.43. The van der Waals surface area contributed by atoms with Crippen molar-refractivity contribution in [2.24, 2.45) is 0 Å². The van der Waals surface area contributed by atoms with Gasteiger partial charge in [-0.1, -0.05) is 279 Å². The summed E-state index contributed by atoms with van der Waals surface area (Å²) in [5.74, 6) is -0.443. The van der Waals surface area contributed by atoms with Crippen LogP contribution in [0.3, 0.4) is 0 Å². The van der Waals surface area contributed by atoms with Gasteiger partial charge in [-0.3, -0.25) is 0 Å². The Hall–Kier alpha value is -13.1. The SMILES string of the molecule is [C-]#[N+]c1cc2c(c3c1C1c4ccccc4C3c3ccccc31)c1cc(C(c3ccccc3)(c3ccccc3)c3ccccc3)cc3c4cc5c(cc4n2c31)c1cc(C(c2ccccc2)(c2ccccc2)c2ccccc2)cc2c3c4c(c(C#N)cc3n5c12)C1c2ccccc2C4c2ccccc21. The van der Waals surface area contributed by atoms with Crippen LogP contribution >= 0.6 is 0 Å². The average Bonchev–Trinajstić information content (AvgIpc) is 1.60. The van der Waals surface area contributed by atoms with Crippen molar-refractivity contribution in [3.8, 4) is 6.07 Å². The van der Waals surface area contributed by atoms with Crippen LogP contribution in [0.15, 0.2) is 328 Å². The van der Waals surface area contributed by atoms with Gasteiger partial charge in [-0.25, -0.2) is 4.85 Å². The molecule has 470 valence electrons. The molecule has 19 aromatic rings. The number of hydrogen-bond donors (Lipinski definition) is 0. The van der Waals surface area contributed by atoms with Gasteiger partial charge in [-0.15, -0.1) is 0 Å². The number of aromatic nitrogens is 2. The van der Waals surface area contributed by atoms with Gasteiger partial charge in [0, 0.05) is 72.3 Å². The highest BCUT2D eigenvalue weighted by Crippen LogP contribution is 2.64. The van der Waals surface area contributed by atoms with Gasteiger partial charge in [0.05, 0.1) is 56.6 Å². The summed E-state index contributed by atoms with van der Waals surface area (Å²) in [6.07, 6.45) is 0. The van der Waals surface area contributed by atoms with E-state index in [1.54, 1.807) is 0 Å². The number of rotatable bonds is 8. The van der Waals surface area contributed by atoms with E-state index in [4.69, 9.17) is 0 Å². The van der Waals surface area contributed by atoms with E-state index in [-0.39, 0.29) is 23.7 Å². The summed E-state index contributed by atoms with van der Waals surface area (Å²) in [6.45, 7) is 9.35. The second kappa shape index (κ2) is 20.3. The molecule has 4 nitrogen and oxygen atoms in total. The van der Waals surface area contributed by atoms with Crippen molar-refractivity contribution >= 4 is 81.9 Å². The first-order valence-electron chi connectivity index (χ1n) is 35.6. The highest BCUT2D eigenvalue weighted by molar-refractivity contribution is 6.30. The van der Waals surface area contributed by atoms with Crippen LogP contribution in [-0.4, -0.2) is 8.80 Å². The maximum absolute atomic E-state index is 11.9. The molecule has 4 bridgehead atoms. The third-order valence-corrected chi connectivity index (χ3v) is 24.6. The molecule has 0 amide bonds. The van der Waals surface area contributed by atoms with Gasteiger partial charge in [0.2, 0.25) is 0 Å². The maximum Gasteiger partial charge on any atom is 0.193 e. The van der Waals surface area contributed by atoms with Crippen LogP contribution in [0, 0.1) is 17.9 Å². The standard InChI is InChI=1S/C98H58N4/c1-100-80-55-84-91(94-89-72-46-26-22-42-68(72)87(92(80)94)69-43-23-27-47-73(69)89)79-52-65(98(61-34-14-5-15-35-61,62-36-16-6-17-37-62)63-38-18-7-19-39-63)50-77-75-53-81-74(54-82(75)102(84)96(77)79)76-49-64(97(58-28-8-2-9-29-58,59-30-10-3-11-31-59)60-32-12-4-13-33-60)51-78-90-83(101(81)95(76)78)48-57(56-99)85-86-66-40-20-24-44-70(66)88(93(85)90)71-45-25-21-41-67(71)86/h2-55,86-89H. The minimum absolute atomic E-state index is 0.107. The largest absolute Gasteiger partial charge is 0.309 e. The van der Waals surface area contributed by atoms with Crippen LogP contribution < -0.4 is 0 Å². The van der Waals surface area contributed by atoms with Gasteiger partial charge in [0.25, 0.3) is 0 Å². The summed E-state index contributed by atoms with van der Waals surface area (Å²) in [6, 6.07) is 126. The van der Waals surface area contributed by atoms with Crippen molar-refractivity contribution in [3.05, 3.63) is 456 Å². The summed E-state index contributed by atoms with van der Waals surface area (Å²) < 4.78 is 5.12. The molecular formula is C98H58N4. The zero-order valence-electron chi connectivity index (χ0n) is 55.3. The van der Waals surface area contributed by atoms with Gasteiger partial charge >= 0.3 is 0 Å². The van der Waals surface area contributed by atoms with Crippen LogP contribution in [0.5, 0.6) is 0 Å². The van der Waals surface area contributed by atoms with E-state index in [9.17, 15) is 11.8 Å². The number of hydrogen-bond acceptors (Lipinski definition) is 1. The van der Waals surface area contributed by atoms with E-state index in [2.05, 4.69) is 347 Å². The molecule has 6 aliphatic carbocycles. The Morgan fingerprint density at radius 1 is 0.275 bits per heavy atom. The molecule has 0 saturated carbocycles. The van der Waals surface area contributed by atoms with Crippen LogP contribution in [-0.2, 0) is 10.8 Å². The molecule has 15 aromatic carbocycles. The Balaban J connectivity index is 0.933. The zero-order valence-corrected chi connectivity index (χ0v) is 55.3. The number of fused-ring (bicyclic) bond motifs is 12. The Kier molecular flexibility index (Phi) is 11.1. The summed E-state index contributed by atoms with van der Waals surface area (Å²) >= 11 is 0. The molecule has 25 rings (SSSR count). The zero-order chi connectivity index (χ0) is 66.8. The van der Waals surface area contributed by atoms with Gasteiger partial charge in [0.1, 0.15) is 0 Å². The normalized spacial score (nSPS) is 16.2. The Bertz CT molecular complexity index is 6190. The average molecular weight is 1290 g/mol. The van der Waals surface area contributed by atoms with Crippen molar-refractivity contribution in [2.45, 2.75) is 34.5 Å². The van der Waals surface area contributed by atoms with Crippen LogP contribution in [0.1, 0.15) is 141 Å². The minimum Gasteiger partial charge on any atom is -0.309 e. The van der Waals surface area contributed by atoms with Crippen molar-refractivity contribution in [1.29, 1.82) is 5.26 Å². The summed E-state index contributed by atoms with van der Waals surface area (Å²) in [5, 5.41) is 21.2. The molecule has 0 aliphatic heterocycles. The fraction of sp³-hybridized carbons (Fsp3) is 0.0612. The Labute approximate surface area is 588 Å². The van der Waals surface area contributed by atoms with E-state index in [1.807, 2.05) is 0 Å². The first-order chi connectivity index (χ1) is 50.6. The van der Waals surface area contributed by atoms with Crippen LogP contribution in [0.25, 0.3) is 81.0 Å². The van der Waals surface area contributed by atoms with E-state index in [1.165, 1.54) is 111 Å². The Morgan fingerprint density at radius 2 is 0.549 bits per heavy atom. The highest BCUT2D eigenvalue weighted by Gasteiger charge is 2.48. The molecule has 102 heavy (non-hydrogen) atoms. The van der Waals surface area contributed by atoms with Crippen molar-refractivity contribution < 1.29 is 0 Å². The molecule has 4 heteroatoms. The van der Waals surface area contributed by atoms with Gasteiger partial charge in [0.15, 0.2) is 5.69 Å². The predicted molar refractivity (Wildman–Crippen MR) is 413 cm³/mol. The Morgan fingerprint density at radius 3 is 0.863 bits per heavy atom. The first-order valence-corrected chi connectivity index (χ1v) is 35.6. The van der Waals surface area contributed by atoms with Crippen LogP contribution in [0.2, 0.25) is 0 Å². The van der Waals surface area contributed by atoms with Crippen molar-refractivity contribution in [1.82, 2.24) is 8.80 Å². The molecule has 0 saturated heterocycles. The molecule has 0 spiro atoms. The molecule has 0 N–H and O–H groups in total. The summed E-state index contributed by atoms with van der Waals surface area (Å²) in [7, 11) is 0. The summed E-state index contributed by atoms with van der Waals surface area (Å²) in [5.41, 5.74) is 30.8. The summed E-state index contributed by atoms with van der Waals surface area (Å²) in [4.78, 5) is 4.63. The third kappa shape index (κ3) is 6.80. The molecule has 0 fully saturated rings. The van der Waals surface area contributed by atoms with Gasteiger partial charge in [-0.05, 0) is 160 Å². The predicted octanol–water partition coefficient (Wildman–Crippen LogP) is 23.1. The van der Waals surface area contributed by atoms with Crippen molar-refractivity contribution in [3.63, 3.8) is 0 Å². The molecule has 4 heterocycles. The fourth-order valence-electron chi connectivity index (χ4n) is 21.0. The topological polar surface area (TPSA) is 37.0 Å². The third-order valence-electron chi connectivity index (χ3n) is 24.6. The van der Waals surface area contributed by atoms with E-state index >= 15 is 0 Å². The monoisotopic (exact) mass is 1290 g/mol. The van der Waals surface area contributed by atoms with Crippen molar-refractivity contribution in [2.75, 3.05) is 0 Å².